The van der Waals surface area contributed by atoms with Crippen LogP contribution in [0.4, 0.5) is 0 Å². The van der Waals surface area contributed by atoms with Crippen LogP contribution in [0.25, 0.3) is 11.4 Å². The Morgan fingerprint density at radius 1 is 1.18 bits per heavy atom. The lowest BCUT2D eigenvalue weighted by Crippen LogP contribution is -2.14. The molecule has 1 heterocycles. The predicted molar refractivity (Wildman–Crippen MR) is 64.3 cm³/mol. The fourth-order valence-corrected chi connectivity index (χ4v) is 2.35. The Labute approximate surface area is 99.8 Å². The minimum atomic E-state index is 0.284. The van der Waals surface area contributed by atoms with Crippen molar-refractivity contribution in [2.75, 3.05) is 0 Å². The SMILES string of the molecule is N[C@H]1CC[C@@H](c2nc(-c3ccccc3)no2)C1. The minimum absolute atomic E-state index is 0.284. The van der Waals surface area contributed by atoms with Gasteiger partial charge in [0.2, 0.25) is 11.7 Å². The van der Waals surface area contributed by atoms with E-state index in [4.69, 9.17) is 10.3 Å². The first-order valence-electron chi connectivity index (χ1n) is 5.97. The number of nitrogens with two attached hydrogens (primary N) is 1. The van der Waals surface area contributed by atoms with Gasteiger partial charge in [-0.1, -0.05) is 35.5 Å². The first-order chi connectivity index (χ1) is 8.33. The smallest absolute Gasteiger partial charge is 0.230 e. The van der Waals surface area contributed by atoms with E-state index in [0.717, 1.165) is 30.7 Å². The van der Waals surface area contributed by atoms with Crippen LogP contribution < -0.4 is 5.73 Å². The van der Waals surface area contributed by atoms with Gasteiger partial charge in [0.1, 0.15) is 0 Å². The molecule has 88 valence electrons. The molecule has 1 saturated carbocycles. The molecular weight excluding hydrogens is 214 g/mol. The maximum atomic E-state index is 5.89. The van der Waals surface area contributed by atoms with Crippen LogP contribution in [0.3, 0.4) is 0 Å². The van der Waals surface area contributed by atoms with Crippen molar-refractivity contribution in [3.63, 3.8) is 0 Å². The van der Waals surface area contributed by atoms with E-state index in [-0.39, 0.29) is 6.04 Å². The zero-order valence-electron chi connectivity index (χ0n) is 9.54. The van der Waals surface area contributed by atoms with Crippen molar-refractivity contribution >= 4 is 0 Å². The van der Waals surface area contributed by atoms with E-state index in [1.807, 2.05) is 30.3 Å². The zero-order chi connectivity index (χ0) is 11.7. The van der Waals surface area contributed by atoms with Gasteiger partial charge in [0, 0.05) is 17.5 Å². The van der Waals surface area contributed by atoms with E-state index in [2.05, 4.69) is 10.1 Å². The van der Waals surface area contributed by atoms with Gasteiger partial charge in [-0.3, -0.25) is 0 Å². The van der Waals surface area contributed by atoms with Gasteiger partial charge in [-0.15, -0.1) is 0 Å². The second kappa shape index (κ2) is 4.30. The maximum Gasteiger partial charge on any atom is 0.230 e. The Hall–Kier alpha value is -1.68. The molecule has 2 N–H and O–H groups in total. The van der Waals surface area contributed by atoms with Crippen molar-refractivity contribution in [3.8, 4) is 11.4 Å². The normalized spacial score (nSPS) is 24.1. The summed E-state index contributed by atoms with van der Waals surface area (Å²) in [5.41, 5.74) is 6.88. The molecule has 3 rings (SSSR count). The van der Waals surface area contributed by atoms with E-state index in [1.165, 1.54) is 0 Å². The van der Waals surface area contributed by atoms with Gasteiger partial charge in [0.25, 0.3) is 0 Å². The molecule has 0 aliphatic heterocycles. The van der Waals surface area contributed by atoms with E-state index in [1.54, 1.807) is 0 Å². The fraction of sp³-hybridized carbons (Fsp3) is 0.385. The summed E-state index contributed by atoms with van der Waals surface area (Å²) in [4.78, 5) is 4.46. The van der Waals surface area contributed by atoms with Crippen LogP contribution in [0.5, 0.6) is 0 Å². The zero-order valence-corrected chi connectivity index (χ0v) is 9.54. The number of hydrogen-bond donors (Lipinski definition) is 1. The number of aromatic nitrogens is 2. The molecule has 0 unspecified atom stereocenters. The Morgan fingerprint density at radius 3 is 2.71 bits per heavy atom. The van der Waals surface area contributed by atoms with Crippen LogP contribution in [-0.4, -0.2) is 16.2 Å². The molecule has 2 aromatic rings. The summed E-state index contributed by atoms with van der Waals surface area (Å²) in [6, 6.07) is 10.2. The van der Waals surface area contributed by atoms with Crippen molar-refractivity contribution in [3.05, 3.63) is 36.2 Å². The third-order valence-corrected chi connectivity index (χ3v) is 3.30. The van der Waals surface area contributed by atoms with Crippen molar-refractivity contribution < 1.29 is 4.52 Å². The Balaban J connectivity index is 1.84. The van der Waals surface area contributed by atoms with Crippen LogP contribution in [0, 0.1) is 0 Å². The van der Waals surface area contributed by atoms with Crippen molar-refractivity contribution in [2.45, 2.75) is 31.2 Å². The quantitative estimate of drug-likeness (QED) is 0.858. The van der Waals surface area contributed by atoms with Crippen LogP contribution >= 0.6 is 0 Å². The lowest BCUT2D eigenvalue weighted by molar-refractivity contribution is 0.353. The van der Waals surface area contributed by atoms with Gasteiger partial charge in [-0.25, -0.2) is 0 Å². The summed E-state index contributed by atoms with van der Waals surface area (Å²) in [7, 11) is 0. The average Bonchev–Trinajstić information content (AvgIpc) is 2.98. The van der Waals surface area contributed by atoms with Crippen molar-refractivity contribution in [2.24, 2.45) is 5.73 Å². The minimum Gasteiger partial charge on any atom is -0.339 e. The Kier molecular flexibility index (Phi) is 2.65. The summed E-state index contributed by atoms with van der Waals surface area (Å²) in [6.45, 7) is 0. The van der Waals surface area contributed by atoms with E-state index in [0.29, 0.717) is 11.7 Å². The first-order valence-corrected chi connectivity index (χ1v) is 5.97. The highest BCUT2D eigenvalue weighted by Gasteiger charge is 2.27. The fourth-order valence-electron chi connectivity index (χ4n) is 2.35. The molecule has 0 amide bonds. The van der Waals surface area contributed by atoms with Crippen LogP contribution in [0.15, 0.2) is 34.9 Å². The number of hydrogen-bond acceptors (Lipinski definition) is 4. The molecule has 2 atom stereocenters. The highest BCUT2D eigenvalue weighted by atomic mass is 16.5. The molecule has 4 heteroatoms. The molecule has 1 fully saturated rings. The lowest BCUT2D eigenvalue weighted by atomic mass is 10.1. The molecular formula is C13H15N3O. The van der Waals surface area contributed by atoms with Crippen LogP contribution in [-0.2, 0) is 0 Å². The molecule has 4 nitrogen and oxygen atoms in total. The molecule has 17 heavy (non-hydrogen) atoms. The number of benzene rings is 1. The third kappa shape index (κ3) is 2.08. The van der Waals surface area contributed by atoms with Gasteiger partial charge < -0.3 is 10.3 Å². The van der Waals surface area contributed by atoms with Gasteiger partial charge in [0.05, 0.1) is 0 Å². The van der Waals surface area contributed by atoms with E-state index in [9.17, 15) is 0 Å². The third-order valence-electron chi connectivity index (χ3n) is 3.30. The Morgan fingerprint density at radius 2 is 2.00 bits per heavy atom. The summed E-state index contributed by atoms with van der Waals surface area (Å²) in [5.74, 6) is 1.74. The van der Waals surface area contributed by atoms with Crippen molar-refractivity contribution in [1.82, 2.24) is 10.1 Å². The molecule has 1 aromatic carbocycles. The van der Waals surface area contributed by atoms with Crippen LogP contribution in [0.1, 0.15) is 31.1 Å². The molecule has 0 saturated heterocycles. The molecule has 0 bridgehead atoms. The molecule has 0 spiro atoms. The van der Waals surface area contributed by atoms with Gasteiger partial charge in [0.15, 0.2) is 0 Å². The second-order valence-corrected chi connectivity index (χ2v) is 4.59. The van der Waals surface area contributed by atoms with Gasteiger partial charge >= 0.3 is 0 Å². The molecule has 0 radical (unpaired) electrons. The highest BCUT2D eigenvalue weighted by Crippen LogP contribution is 2.33. The topological polar surface area (TPSA) is 64.9 Å². The second-order valence-electron chi connectivity index (χ2n) is 4.59. The van der Waals surface area contributed by atoms with E-state index >= 15 is 0 Å². The predicted octanol–water partition coefficient (Wildman–Crippen LogP) is 2.33. The van der Waals surface area contributed by atoms with Crippen molar-refractivity contribution in [1.29, 1.82) is 0 Å². The summed E-state index contributed by atoms with van der Waals surface area (Å²) in [6.07, 6.45) is 3.06. The largest absolute Gasteiger partial charge is 0.339 e. The van der Waals surface area contributed by atoms with E-state index < -0.39 is 0 Å². The Bertz CT molecular complexity index is 494. The van der Waals surface area contributed by atoms with Gasteiger partial charge in [-0.05, 0) is 19.3 Å². The number of rotatable bonds is 2. The first kappa shape index (κ1) is 10.5. The highest BCUT2D eigenvalue weighted by molar-refractivity contribution is 5.53. The molecule has 1 aliphatic carbocycles. The number of nitrogens with zero attached hydrogens (tertiary/aromatic N) is 2. The van der Waals surface area contributed by atoms with Crippen LogP contribution in [0.2, 0.25) is 0 Å². The van der Waals surface area contributed by atoms with Gasteiger partial charge in [-0.2, -0.15) is 4.98 Å². The lowest BCUT2D eigenvalue weighted by Gasteiger charge is -2.01. The standard InChI is InChI=1S/C13H15N3O/c14-11-7-6-10(8-11)13-15-12(16-17-13)9-4-2-1-3-5-9/h1-5,10-11H,6-8,14H2/t10-,11+/m1/s1. The molecule has 1 aromatic heterocycles. The summed E-state index contributed by atoms with van der Waals surface area (Å²) < 4.78 is 5.33. The maximum absolute atomic E-state index is 5.89. The average molecular weight is 229 g/mol. The molecule has 1 aliphatic rings. The summed E-state index contributed by atoms with van der Waals surface area (Å²) in [5, 5.41) is 4.03. The monoisotopic (exact) mass is 229 g/mol. The summed E-state index contributed by atoms with van der Waals surface area (Å²) >= 11 is 0.